The van der Waals surface area contributed by atoms with Crippen molar-refractivity contribution in [3.63, 3.8) is 0 Å². The van der Waals surface area contributed by atoms with Crippen molar-refractivity contribution in [3.05, 3.63) is 53.2 Å². The molecule has 0 unspecified atom stereocenters. The number of hydrogen-bond acceptors (Lipinski definition) is 7. The van der Waals surface area contributed by atoms with Gasteiger partial charge in [-0.15, -0.1) is 11.8 Å². The van der Waals surface area contributed by atoms with E-state index in [1.165, 1.54) is 17.8 Å². The molecule has 0 atom stereocenters. The lowest BCUT2D eigenvalue weighted by Crippen LogP contribution is -2.02. The van der Waals surface area contributed by atoms with Crippen molar-refractivity contribution in [2.24, 2.45) is 7.05 Å². The van der Waals surface area contributed by atoms with Crippen molar-refractivity contribution < 1.29 is 9.13 Å². The Morgan fingerprint density at radius 2 is 2.09 bits per heavy atom. The van der Waals surface area contributed by atoms with Crippen molar-refractivity contribution in [2.45, 2.75) is 21.7 Å². The van der Waals surface area contributed by atoms with Gasteiger partial charge in [-0.1, -0.05) is 23.4 Å². The first kappa shape index (κ1) is 22.5. The number of halogens is 2. The average Bonchev–Trinajstić information content (AvgIpc) is 3.38. The first-order chi connectivity index (χ1) is 15.4. The number of thioether (sulfide) groups is 1. The first-order valence-electron chi connectivity index (χ1n) is 9.46. The van der Waals surface area contributed by atoms with Gasteiger partial charge < -0.3 is 10.1 Å². The molecule has 11 heteroatoms. The quantitative estimate of drug-likeness (QED) is 0.311. The van der Waals surface area contributed by atoms with E-state index in [1.54, 1.807) is 24.1 Å². The molecular weight excluding hydrogens is 471 g/mol. The van der Waals surface area contributed by atoms with Crippen LogP contribution in [0.25, 0.3) is 11.1 Å². The van der Waals surface area contributed by atoms with E-state index in [4.69, 9.17) is 16.3 Å². The highest BCUT2D eigenvalue weighted by molar-refractivity contribution is 7.99. The van der Waals surface area contributed by atoms with Crippen LogP contribution < -0.4 is 10.1 Å². The van der Waals surface area contributed by atoms with Gasteiger partial charge in [0, 0.05) is 40.4 Å². The third kappa shape index (κ3) is 4.57. The summed E-state index contributed by atoms with van der Waals surface area (Å²) in [5.74, 6) is 1.08. The molecule has 32 heavy (non-hydrogen) atoms. The van der Waals surface area contributed by atoms with Crippen LogP contribution in [-0.4, -0.2) is 38.3 Å². The van der Waals surface area contributed by atoms with Crippen LogP contribution in [0.1, 0.15) is 5.69 Å². The highest BCUT2D eigenvalue weighted by Gasteiger charge is 2.24. The molecule has 0 amide bonds. The standard InChI is InChI=1S/C21H20ClFN6OS2/c1-11-7-16(28-27-11)25-20-19(30-3)17(12-9-24-29(2)10-12)18(22)21(26-20)32-15-6-5-13(31-4)8-14(15)23/h5-10H,1-4H3,(H2,25,26,27,28). The minimum absolute atomic E-state index is 0.337. The SMILES string of the molecule is COc1c(Nc2cc(C)[nH]n2)nc(Sc2ccc(SC)cc2F)c(Cl)c1-c1cnn(C)c1. The van der Waals surface area contributed by atoms with E-state index in [1.807, 2.05) is 38.6 Å². The molecule has 0 aliphatic rings. The van der Waals surface area contributed by atoms with E-state index in [0.717, 1.165) is 27.9 Å². The van der Waals surface area contributed by atoms with Gasteiger partial charge in [0.25, 0.3) is 0 Å². The van der Waals surface area contributed by atoms with Gasteiger partial charge in [0.15, 0.2) is 17.4 Å². The average molecular weight is 491 g/mol. The summed E-state index contributed by atoms with van der Waals surface area (Å²) < 4.78 is 22.1. The second-order valence-corrected chi connectivity index (χ2v) is 9.14. The largest absolute Gasteiger partial charge is 0.492 e. The second-order valence-electron chi connectivity index (χ2n) is 6.85. The summed E-state index contributed by atoms with van der Waals surface area (Å²) in [7, 11) is 3.36. The van der Waals surface area contributed by atoms with Crippen molar-refractivity contribution in [1.82, 2.24) is 25.0 Å². The van der Waals surface area contributed by atoms with Gasteiger partial charge in [-0.25, -0.2) is 9.37 Å². The summed E-state index contributed by atoms with van der Waals surface area (Å²) >= 11 is 9.42. The number of rotatable bonds is 7. The van der Waals surface area contributed by atoms with Gasteiger partial charge in [-0.05, 0) is 31.4 Å². The Labute approximate surface area is 198 Å². The van der Waals surface area contributed by atoms with E-state index in [9.17, 15) is 4.39 Å². The Bertz CT molecular complexity index is 1280. The summed E-state index contributed by atoms with van der Waals surface area (Å²) in [5, 5.41) is 15.3. The Morgan fingerprint density at radius 3 is 2.69 bits per heavy atom. The topological polar surface area (TPSA) is 80.7 Å². The number of pyridine rings is 1. The summed E-state index contributed by atoms with van der Waals surface area (Å²) in [6.45, 7) is 1.90. The number of ether oxygens (including phenoxy) is 1. The fourth-order valence-electron chi connectivity index (χ4n) is 3.08. The molecule has 7 nitrogen and oxygen atoms in total. The number of hydrogen-bond donors (Lipinski definition) is 2. The number of aryl methyl sites for hydroxylation is 2. The minimum atomic E-state index is -0.337. The van der Waals surface area contributed by atoms with Crippen molar-refractivity contribution in [3.8, 4) is 16.9 Å². The predicted octanol–water partition coefficient (Wildman–Crippen LogP) is 5.93. The molecule has 0 radical (unpaired) electrons. The summed E-state index contributed by atoms with van der Waals surface area (Å²) in [4.78, 5) is 5.92. The van der Waals surface area contributed by atoms with E-state index in [2.05, 4.69) is 25.6 Å². The molecule has 0 saturated heterocycles. The third-order valence-electron chi connectivity index (χ3n) is 4.56. The van der Waals surface area contributed by atoms with Gasteiger partial charge in [-0.3, -0.25) is 9.78 Å². The summed E-state index contributed by atoms with van der Waals surface area (Å²) in [5.41, 5.74) is 2.24. The van der Waals surface area contributed by atoms with Gasteiger partial charge >= 0.3 is 0 Å². The van der Waals surface area contributed by atoms with Gasteiger partial charge in [0.1, 0.15) is 10.8 Å². The number of nitrogens with one attached hydrogen (secondary N) is 2. The zero-order chi connectivity index (χ0) is 22.8. The molecule has 166 valence electrons. The Hall–Kier alpha value is -2.69. The molecule has 3 heterocycles. The first-order valence-corrected chi connectivity index (χ1v) is 11.9. The van der Waals surface area contributed by atoms with E-state index >= 15 is 0 Å². The summed E-state index contributed by atoms with van der Waals surface area (Å²) in [6, 6.07) is 6.93. The molecule has 0 aliphatic carbocycles. The maximum absolute atomic E-state index is 14.7. The van der Waals surface area contributed by atoms with Gasteiger partial charge in [0.05, 0.1) is 23.9 Å². The van der Waals surface area contributed by atoms with Crippen LogP contribution in [-0.2, 0) is 7.05 Å². The fourth-order valence-corrected chi connectivity index (χ4v) is 4.69. The monoisotopic (exact) mass is 490 g/mol. The predicted molar refractivity (Wildman–Crippen MR) is 127 cm³/mol. The Balaban J connectivity index is 1.86. The molecule has 0 bridgehead atoms. The zero-order valence-electron chi connectivity index (χ0n) is 17.7. The van der Waals surface area contributed by atoms with E-state index in [-0.39, 0.29) is 5.82 Å². The maximum Gasteiger partial charge on any atom is 0.176 e. The zero-order valence-corrected chi connectivity index (χ0v) is 20.1. The molecule has 4 rings (SSSR count). The van der Waals surface area contributed by atoms with Crippen LogP contribution in [0.2, 0.25) is 5.02 Å². The molecule has 0 fully saturated rings. The highest BCUT2D eigenvalue weighted by atomic mass is 35.5. The Kier molecular flexibility index (Phi) is 6.63. The second kappa shape index (κ2) is 9.43. The van der Waals surface area contributed by atoms with Crippen molar-refractivity contribution in [2.75, 3.05) is 18.7 Å². The number of benzene rings is 1. The number of aromatic amines is 1. The lowest BCUT2D eigenvalue weighted by Gasteiger charge is -2.17. The molecule has 3 aromatic heterocycles. The van der Waals surface area contributed by atoms with Crippen LogP contribution in [0.4, 0.5) is 16.0 Å². The molecule has 1 aromatic carbocycles. The molecule has 2 N–H and O–H groups in total. The highest BCUT2D eigenvalue weighted by Crippen LogP contribution is 2.47. The number of H-pyrrole nitrogens is 1. The lowest BCUT2D eigenvalue weighted by atomic mass is 10.1. The van der Waals surface area contributed by atoms with Gasteiger partial charge in [-0.2, -0.15) is 10.2 Å². The Morgan fingerprint density at radius 1 is 1.28 bits per heavy atom. The number of anilines is 2. The van der Waals surface area contributed by atoms with Crippen molar-refractivity contribution >= 4 is 46.8 Å². The van der Waals surface area contributed by atoms with Crippen LogP contribution in [0, 0.1) is 12.7 Å². The molecular formula is C21H20ClFN6OS2. The third-order valence-corrected chi connectivity index (χ3v) is 6.80. The number of aromatic nitrogens is 5. The van der Waals surface area contributed by atoms with Crippen LogP contribution in [0.5, 0.6) is 5.75 Å². The lowest BCUT2D eigenvalue weighted by molar-refractivity contribution is 0.416. The molecule has 0 saturated carbocycles. The van der Waals surface area contributed by atoms with E-state index in [0.29, 0.717) is 37.9 Å². The smallest absolute Gasteiger partial charge is 0.176 e. The maximum atomic E-state index is 14.7. The number of methoxy groups -OCH3 is 1. The number of nitrogens with zero attached hydrogens (tertiary/aromatic N) is 4. The van der Waals surface area contributed by atoms with Crippen LogP contribution in [0.3, 0.4) is 0 Å². The summed E-state index contributed by atoms with van der Waals surface area (Å²) in [6.07, 6.45) is 5.42. The fraction of sp³-hybridized carbons (Fsp3) is 0.190. The van der Waals surface area contributed by atoms with Gasteiger partial charge in [0.2, 0.25) is 0 Å². The molecule has 4 aromatic rings. The van der Waals surface area contributed by atoms with Crippen LogP contribution in [0.15, 0.2) is 51.5 Å². The minimum Gasteiger partial charge on any atom is -0.492 e. The van der Waals surface area contributed by atoms with Crippen molar-refractivity contribution in [1.29, 1.82) is 0 Å². The normalized spacial score (nSPS) is 11.1. The molecule has 0 spiro atoms. The molecule has 0 aliphatic heterocycles. The van der Waals surface area contributed by atoms with E-state index < -0.39 is 0 Å². The van der Waals surface area contributed by atoms with Crippen LogP contribution >= 0.6 is 35.1 Å².